The predicted molar refractivity (Wildman–Crippen MR) is 174 cm³/mol. The van der Waals surface area contributed by atoms with Crippen LogP contribution in [-0.2, 0) is 37.4 Å². The number of pyridine rings is 1. The molecule has 7 nitrogen and oxygen atoms in total. The number of ether oxygens (including phenoxy) is 1. The van der Waals surface area contributed by atoms with Crippen molar-refractivity contribution in [2.75, 3.05) is 0 Å². The molecule has 5 heterocycles. The van der Waals surface area contributed by atoms with Crippen molar-refractivity contribution in [3.8, 4) is 23.3 Å². The van der Waals surface area contributed by atoms with E-state index in [1.54, 1.807) is 0 Å². The van der Waals surface area contributed by atoms with Gasteiger partial charge in [-0.2, -0.15) is 6.07 Å². The van der Waals surface area contributed by atoms with Crippen LogP contribution in [0.15, 0.2) is 79.3 Å². The number of nitrogens with zero attached hydrogens (tertiary/aromatic N) is 6. The molecular weight excluding hydrogens is 740 g/mol. The molecule has 3 aromatic carbocycles. The van der Waals surface area contributed by atoms with E-state index < -0.39 is 0 Å². The van der Waals surface area contributed by atoms with E-state index in [0.29, 0.717) is 11.5 Å². The quantitative estimate of drug-likeness (QED) is 0.169. The van der Waals surface area contributed by atoms with Gasteiger partial charge in [0.15, 0.2) is 0 Å². The van der Waals surface area contributed by atoms with Crippen LogP contribution in [0, 0.1) is 12.1 Å². The van der Waals surface area contributed by atoms with Crippen LogP contribution in [0.4, 0.5) is 0 Å². The molecule has 0 saturated carbocycles. The van der Waals surface area contributed by atoms with Crippen molar-refractivity contribution in [3.63, 3.8) is 0 Å². The van der Waals surface area contributed by atoms with E-state index in [-0.39, 0.29) is 37.4 Å². The Bertz CT molecular complexity index is 2260. The molecule has 7 aromatic rings. The number of fused-ring (bicyclic) bond motifs is 8. The third kappa shape index (κ3) is 4.24. The van der Waals surface area contributed by atoms with Crippen LogP contribution in [0.1, 0.15) is 59.9 Å². The first-order chi connectivity index (χ1) is 20.9. The third-order valence-corrected chi connectivity index (χ3v) is 9.67. The van der Waals surface area contributed by atoms with Crippen molar-refractivity contribution in [2.24, 2.45) is 0 Å². The van der Waals surface area contributed by atoms with Crippen molar-refractivity contribution in [2.45, 2.75) is 64.8 Å². The fourth-order valence-corrected chi connectivity index (χ4v) is 6.43. The second-order valence-electron chi connectivity index (χ2n) is 13.8. The van der Waals surface area contributed by atoms with Gasteiger partial charge in [0.05, 0.1) is 5.54 Å². The molecule has 0 radical (unpaired) electrons. The minimum Gasteiger partial charge on any atom is -0.509 e. The van der Waals surface area contributed by atoms with E-state index in [1.165, 1.54) is 5.56 Å². The number of hydrogen-bond acceptors (Lipinski definition) is 4. The summed E-state index contributed by atoms with van der Waals surface area (Å²) in [6.07, 6.45) is 5.78. The zero-order chi connectivity index (χ0) is 30.6. The van der Waals surface area contributed by atoms with E-state index in [1.807, 2.05) is 36.8 Å². The average Bonchev–Trinajstić information content (AvgIpc) is 3.70. The molecule has 0 atom stereocenters. The molecule has 228 valence electrons. The maximum Gasteiger partial charge on any atom is 2.00 e. The van der Waals surface area contributed by atoms with Crippen molar-refractivity contribution < 1.29 is 25.8 Å². The first kappa shape index (κ1) is 29.5. The minimum atomic E-state index is -0.251. The van der Waals surface area contributed by atoms with E-state index in [9.17, 15) is 0 Å². The maximum absolute atomic E-state index is 6.47. The molecule has 0 spiro atoms. The summed E-state index contributed by atoms with van der Waals surface area (Å²) in [6, 6.07) is 27.8. The molecule has 0 aliphatic carbocycles. The van der Waals surface area contributed by atoms with Gasteiger partial charge in [0.2, 0.25) is 5.95 Å². The zero-order valence-corrected chi connectivity index (χ0v) is 28.7. The molecule has 0 fully saturated rings. The van der Waals surface area contributed by atoms with Gasteiger partial charge in [-0.3, -0.25) is 9.55 Å². The van der Waals surface area contributed by atoms with Crippen LogP contribution in [0.3, 0.4) is 0 Å². The van der Waals surface area contributed by atoms with Gasteiger partial charge in [0, 0.05) is 41.0 Å². The number of benzene rings is 3. The van der Waals surface area contributed by atoms with Gasteiger partial charge < -0.3 is 13.9 Å². The first-order valence-corrected chi connectivity index (χ1v) is 15.0. The van der Waals surface area contributed by atoms with Crippen LogP contribution >= 0.6 is 0 Å². The second kappa shape index (κ2) is 9.89. The summed E-state index contributed by atoms with van der Waals surface area (Å²) in [5, 5.41) is 2.24. The van der Waals surface area contributed by atoms with E-state index in [2.05, 4.69) is 117 Å². The summed E-state index contributed by atoms with van der Waals surface area (Å²) in [7, 11) is 0. The van der Waals surface area contributed by atoms with E-state index >= 15 is 0 Å². The van der Waals surface area contributed by atoms with Crippen LogP contribution in [-0.4, -0.2) is 28.7 Å². The Kier molecular flexibility index (Phi) is 6.48. The standard InChI is InChI=1S/C37H34N6O.Pt/c1-35(2,3)23-16-17-38-32(20-23)42-29-11-9-8-10-26(29)27-14-12-24(21-30(27)42)44-25-13-15-28-31(22-25)43-33(40-28)36(4,5)37(6,7)41-19-18-39-34(41)43;/h8-20H,1-7H3;/q-2;+2. The molecule has 0 unspecified atom stereocenters. The van der Waals surface area contributed by atoms with Crippen LogP contribution in [0.2, 0.25) is 0 Å². The monoisotopic (exact) mass is 773 g/mol. The summed E-state index contributed by atoms with van der Waals surface area (Å²) in [4.78, 5) is 14.6. The normalized spacial score (nSPS) is 15.2. The number of imidazole rings is 2. The summed E-state index contributed by atoms with van der Waals surface area (Å²) >= 11 is 0. The molecular formula is C37H34N6OPt. The van der Waals surface area contributed by atoms with Crippen molar-refractivity contribution in [3.05, 3.63) is 103 Å². The zero-order valence-electron chi connectivity index (χ0n) is 26.4. The summed E-state index contributed by atoms with van der Waals surface area (Å²) < 4.78 is 13.0. The largest absolute Gasteiger partial charge is 2.00 e. The van der Waals surface area contributed by atoms with Crippen molar-refractivity contribution >= 4 is 32.8 Å². The van der Waals surface area contributed by atoms with Crippen molar-refractivity contribution in [1.82, 2.24) is 28.7 Å². The van der Waals surface area contributed by atoms with Gasteiger partial charge >= 0.3 is 21.1 Å². The molecule has 0 bridgehead atoms. The molecule has 4 aromatic heterocycles. The Morgan fingerprint density at radius 3 is 2.29 bits per heavy atom. The summed E-state index contributed by atoms with van der Waals surface area (Å²) in [5.41, 5.74) is 4.45. The Hall–Kier alpha value is -4.22. The fraction of sp³-hybridized carbons (Fsp3) is 0.270. The Morgan fingerprint density at radius 2 is 1.51 bits per heavy atom. The molecule has 8 heteroatoms. The van der Waals surface area contributed by atoms with Crippen LogP contribution in [0.5, 0.6) is 11.5 Å². The molecule has 45 heavy (non-hydrogen) atoms. The molecule has 0 saturated heterocycles. The predicted octanol–water partition coefficient (Wildman–Crippen LogP) is 8.43. The van der Waals surface area contributed by atoms with Gasteiger partial charge in [-0.25, -0.2) is 9.97 Å². The number of rotatable bonds is 3. The number of hydrogen-bond donors (Lipinski definition) is 0. The smallest absolute Gasteiger partial charge is 0.509 e. The Morgan fingerprint density at radius 1 is 0.778 bits per heavy atom. The molecule has 8 rings (SSSR count). The number of para-hydroxylation sites is 1. The van der Waals surface area contributed by atoms with E-state index in [0.717, 1.165) is 50.4 Å². The molecule has 0 amide bonds. The van der Waals surface area contributed by atoms with Gasteiger partial charge in [-0.05, 0) is 59.4 Å². The van der Waals surface area contributed by atoms with E-state index in [4.69, 9.17) is 19.7 Å². The Labute approximate surface area is 277 Å². The SMILES string of the molecule is CC(C)(C)c1ccnc(-n2c3[c-]c(Oc4[c-]c5c(cc4)nc4n5-c5nccn5C(C)(C)C4(C)C)ccc3c3ccccc32)c1.[Pt+2]. The molecule has 1 aliphatic heterocycles. The maximum atomic E-state index is 6.47. The molecule has 1 aliphatic rings. The fourth-order valence-electron chi connectivity index (χ4n) is 6.43. The minimum absolute atomic E-state index is 0. The second-order valence-corrected chi connectivity index (χ2v) is 13.8. The van der Waals surface area contributed by atoms with Gasteiger partial charge in [0.1, 0.15) is 11.6 Å². The first-order valence-electron chi connectivity index (χ1n) is 15.0. The van der Waals surface area contributed by atoms with Gasteiger partial charge in [-0.1, -0.05) is 58.3 Å². The van der Waals surface area contributed by atoms with Crippen LogP contribution < -0.4 is 4.74 Å². The summed E-state index contributed by atoms with van der Waals surface area (Å²) in [5.74, 6) is 3.85. The van der Waals surface area contributed by atoms with Crippen LogP contribution in [0.25, 0.3) is 44.6 Å². The molecule has 0 N–H and O–H groups in total. The average molecular weight is 774 g/mol. The summed E-state index contributed by atoms with van der Waals surface area (Å²) in [6.45, 7) is 15.6. The van der Waals surface area contributed by atoms with Gasteiger partial charge in [0.25, 0.3) is 0 Å². The topological polar surface area (TPSA) is 62.7 Å². The Balaban J connectivity index is 0.00000325. The van der Waals surface area contributed by atoms with Crippen molar-refractivity contribution in [1.29, 1.82) is 0 Å². The van der Waals surface area contributed by atoms with Gasteiger partial charge in [-0.15, -0.1) is 35.7 Å². The number of aromatic nitrogens is 6. The third-order valence-electron chi connectivity index (χ3n) is 9.67.